The van der Waals surface area contributed by atoms with Gasteiger partial charge < -0.3 is 15.6 Å². The van der Waals surface area contributed by atoms with E-state index < -0.39 is 12.0 Å². The molecule has 0 bridgehead atoms. The van der Waals surface area contributed by atoms with E-state index in [1.54, 1.807) is 18.2 Å². The van der Waals surface area contributed by atoms with Gasteiger partial charge in [-0.05, 0) is 35.9 Å². The fourth-order valence-corrected chi connectivity index (χ4v) is 4.09. The third-order valence-electron chi connectivity index (χ3n) is 5.14. The summed E-state index contributed by atoms with van der Waals surface area (Å²) >= 11 is 18.1. The highest BCUT2D eigenvalue weighted by molar-refractivity contribution is 6.42. The largest absolute Gasteiger partial charge is 0.491 e. The van der Waals surface area contributed by atoms with Crippen LogP contribution in [0, 0.1) is 0 Å². The summed E-state index contributed by atoms with van der Waals surface area (Å²) in [5, 5.41) is 12.1. The van der Waals surface area contributed by atoms with Gasteiger partial charge >= 0.3 is 0 Å². The zero-order chi connectivity index (χ0) is 22.4. The number of carbonyl (C=O) groups is 1. The lowest BCUT2D eigenvalue weighted by atomic mass is 10.1. The average Bonchev–Trinajstić information content (AvgIpc) is 2.71. The second kappa shape index (κ2) is 11.4. The van der Waals surface area contributed by atoms with Gasteiger partial charge in [0.25, 0.3) is 0 Å². The van der Waals surface area contributed by atoms with Gasteiger partial charge in [0.1, 0.15) is 18.5 Å². The third kappa shape index (κ3) is 7.52. The van der Waals surface area contributed by atoms with Gasteiger partial charge in [0, 0.05) is 49.9 Å². The molecule has 0 radical (unpaired) electrons. The molecule has 3 N–H and O–H groups in total. The summed E-state index contributed by atoms with van der Waals surface area (Å²) in [6, 6.07) is 10.7. The lowest BCUT2D eigenvalue weighted by Gasteiger charge is -2.35. The molecule has 1 fully saturated rings. The number of amides is 1. The molecule has 1 heterocycles. The smallest absolute Gasteiger partial charge is 0.221 e. The Morgan fingerprint density at radius 2 is 1.74 bits per heavy atom. The predicted molar refractivity (Wildman–Crippen MR) is 124 cm³/mol. The van der Waals surface area contributed by atoms with Gasteiger partial charge in [-0.15, -0.1) is 0 Å². The second-order valence-electron chi connectivity index (χ2n) is 7.69. The zero-order valence-corrected chi connectivity index (χ0v) is 19.3. The highest BCUT2D eigenvalue weighted by Gasteiger charge is 2.20. The molecule has 0 aliphatic carbocycles. The van der Waals surface area contributed by atoms with Crippen LogP contribution < -0.4 is 10.5 Å². The van der Waals surface area contributed by atoms with Crippen LogP contribution in [0.5, 0.6) is 5.75 Å². The Balaban J connectivity index is 1.43. The summed E-state index contributed by atoms with van der Waals surface area (Å²) in [6.07, 6.45) is -0.619. The van der Waals surface area contributed by atoms with E-state index >= 15 is 0 Å². The Bertz CT molecular complexity index is 905. The molecule has 1 aliphatic heterocycles. The molecule has 0 aromatic heterocycles. The molecule has 2 aromatic carbocycles. The number of hydrogen-bond acceptors (Lipinski definition) is 5. The standard InChI is InChI=1S/C22H26Cl3N3O3/c23-17-2-4-21(16(10-17)11-22(26)30)31-14-18(29)13-28-7-5-27(6-8-28)12-15-1-3-19(24)20(25)9-15/h1-4,9-10,18,29H,5-8,11-14H2,(H2,26,30). The Morgan fingerprint density at radius 3 is 2.42 bits per heavy atom. The number of nitrogens with two attached hydrogens (primary N) is 1. The van der Waals surface area contributed by atoms with Crippen LogP contribution in [0.2, 0.25) is 15.1 Å². The molecule has 1 atom stereocenters. The van der Waals surface area contributed by atoms with Gasteiger partial charge in [-0.25, -0.2) is 0 Å². The molecule has 1 amide bonds. The number of ether oxygens (including phenoxy) is 1. The molecular weight excluding hydrogens is 461 g/mol. The van der Waals surface area contributed by atoms with Crippen LogP contribution in [0.15, 0.2) is 36.4 Å². The maximum atomic E-state index is 11.3. The minimum absolute atomic E-state index is 0.0345. The number of carbonyl (C=O) groups excluding carboxylic acids is 1. The van der Waals surface area contributed by atoms with Crippen molar-refractivity contribution in [3.8, 4) is 5.75 Å². The predicted octanol–water partition coefficient (Wildman–Crippen LogP) is 3.23. The molecule has 1 saturated heterocycles. The normalized spacial score (nSPS) is 16.3. The van der Waals surface area contributed by atoms with Gasteiger partial charge in [-0.3, -0.25) is 14.6 Å². The van der Waals surface area contributed by atoms with Crippen LogP contribution in [0.25, 0.3) is 0 Å². The molecule has 0 saturated carbocycles. The fourth-order valence-electron chi connectivity index (χ4n) is 3.58. The van der Waals surface area contributed by atoms with E-state index in [1.807, 2.05) is 18.2 Å². The van der Waals surface area contributed by atoms with Crippen molar-refractivity contribution in [1.29, 1.82) is 0 Å². The maximum Gasteiger partial charge on any atom is 0.221 e. The number of aliphatic hydroxyl groups excluding tert-OH is 1. The SMILES string of the molecule is NC(=O)Cc1cc(Cl)ccc1OCC(O)CN1CCN(Cc2ccc(Cl)c(Cl)c2)CC1. The summed E-state index contributed by atoms with van der Waals surface area (Å²) in [4.78, 5) is 15.8. The fraction of sp³-hybridized carbons (Fsp3) is 0.409. The molecule has 168 valence electrons. The van der Waals surface area contributed by atoms with Crippen LogP contribution >= 0.6 is 34.8 Å². The third-order valence-corrected chi connectivity index (χ3v) is 6.12. The van der Waals surface area contributed by atoms with Crippen molar-refractivity contribution in [3.05, 3.63) is 62.6 Å². The Labute approximate surface area is 197 Å². The molecule has 1 unspecified atom stereocenters. The summed E-state index contributed by atoms with van der Waals surface area (Å²) in [5.41, 5.74) is 7.03. The van der Waals surface area contributed by atoms with E-state index in [1.165, 1.54) is 0 Å². The van der Waals surface area contributed by atoms with E-state index in [4.69, 9.17) is 45.3 Å². The van der Waals surface area contributed by atoms with Crippen LogP contribution in [0.1, 0.15) is 11.1 Å². The minimum Gasteiger partial charge on any atom is -0.491 e. The van der Waals surface area contributed by atoms with Gasteiger partial charge in [-0.1, -0.05) is 40.9 Å². The van der Waals surface area contributed by atoms with Crippen LogP contribution in [-0.2, 0) is 17.8 Å². The summed E-state index contributed by atoms with van der Waals surface area (Å²) in [7, 11) is 0. The lowest BCUT2D eigenvalue weighted by molar-refractivity contribution is -0.117. The Kier molecular flexibility index (Phi) is 8.84. The van der Waals surface area contributed by atoms with Crippen molar-refractivity contribution in [2.24, 2.45) is 5.73 Å². The number of β-amino-alcohol motifs (C(OH)–C–C–N with tert-alkyl or cyclic N) is 1. The highest BCUT2D eigenvalue weighted by Crippen LogP contribution is 2.24. The van der Waals surface area contributed by atoms with E-state index in [0.29, 0.717) is 32.9 Å². The molecule has 3 rings (SSSR count). The van der Waals surface area contributed by atoms with E-state index in [-0.39, 0.29) is 13.0 Å². The molecule has 31 heavy (non-hydrogen) atoms. The van der Waals surface area contributed by atoms with Gasteiger partial charge in [0.2, 0.25) is 5.91 Å². The number of aliphatic hydroxyl groups is 1. The molecule has 2 aromatic rings. The minimum atomic E-state index is -0.654. The van der Waals surface area contributed by atoms with Crippen molar-refractivity contribution < 1.29 is 14.6 Å². The number of piperazine rings is 1. The van der Waals surface area contributed by atoms with Crippen LogP contribution in [-0.4, -0.2) is 66.2 Å². The quantitative estimate of drug-likeness (QED) is 0.569. The topological polar surface area (TPSA) is 79.0 Å². The maximum absolute atomic E-state index is 11.3. The Morgan fingerprint density at radius 1 is 1.03 bits per heavy atom. The number of halogens is 3. The number of rotatable bonds is 9. The van der Waals surface area contributed by atoms with Gasteiger partial charge in [-0.2, -0.15) is 0 Å². The first-order valence-corrected chi connectivity index (χ1v) is 11.2. The van der Waals surface area contributed by atoms with Crippen LogP contribution in [0.3, 0.4) is 0 Å². The van der Waals surface area contributed by atoms with Crippen molar-refractivity contribution >= 4 is 40.7 Å². The first kappa shape index (κ1) is 24.1. The summed E-state index contributed by atoms with van der Waals surface area (Å²) in [6.45, 7) is 4.95. The zero-order valence-electron chi connectivity index (χ0n) is 17.1. The molecule has 6 nitrogen and oxygen atoms in total. The second-order valence-corrected chi connectivity index (χ2v) is 8.94. The van der Waals surface area contributed by atoms with Gasteiger partial charge in [0.15, 0.2) is 0 Å². The molecule has 1 aliphatic rings. The molecule has 9 heteroatoms. The van der Waals surface area contributed by atoms with Gasteiger partial charge in [0.05, 0.1) is 16.5 Å². The Hall–Kier alpha value is -1.54. The van der Waals surface area contributed by atoms with E-state index in [0.717, 1.165) is 38.3 Å². The number of benzene rings is 2. The first-order chi connectivity index (χ1) is 14.8. The van der Waals surface area contributed by atoms with Crippen molar-refractivity contribution in [2.75, 3.05) is 39.3 Å². The van der Waals surface area contributed by atoms with Crippen LogP contribution in [0.4, 0.5) is 0 Å². The molecular formula is C22H26Cl3N3O3. The average molecular weight is 487 g/mol. The summed E-state index contributed by atoms with van der Waals surface area (Å²) < 4.78 is 5.74. The number of hydrogen-bond donors (Lipinski definition) is 2. The number of nitrogens with zero attached hydrogens (tertiary/aromatic N) is 2. The van der Waals surface area contributed by atoms with E-state index in [2.05, 4.69) is 9.80 Å². The summed E-state index contributed by atoms with van der Waals surface area (Å²) in [5.74, 6) is 0.0418. The van der Waals surface area contributed by atoms with Crippen molar-refractivity contribution in [1.82, 2.24) is 9.80 Å². The molecule has 0 spiro atoms. The lowest BCUT2D eigenvalue weighted by Crippen LogP contribution is -2.48. The van der Waals surface area contributed by atoms with E-state index in [9.17, 15) is 9.90 Å². The number of primary amides is 1. The van der Waals surface area contributed by atoms with Crippen molar-refractivity contribution in [2.45, 2.75) is 19.1 Å². The first-order valence-electron chi connectivity index (χ1n) is 10.1. The van der Waals surface area contributed by atoms with Crippen molar-refractivity contribution in [3.63, 3.8) is 0 Å². The highest BCUT2D eigenvalue weighted by atomic mass is 35.5. The monoisotopic (exact) mass is 485 g/mol.